The summed E-state index contributed by atoms with van der Waals surface area (Å²) in [5, 5.41) is 7.54. The molecular weight excluding hydrogens is 507 g/mol. The number of fused-ring (bicyclic) bond motifs is 1. The molecule has 1 heterocycles. The molecule has 0 bridgehead atoms. The van der Waals surface area contributed by atoms with E-state index < -0.39 is 65.8 Å². The number of aliphatic hydroxyl groups is 1. The molecule has 2 aromatic rings. The monoisotopic (exact) mass is 516 g/mol. The van der Waals surface area contributed by atoms with E-state index >= 15 is 0 Å². The Morgan fingerprint density at radius 2 is 1.06 bits per heavy atom. The second kappa shape index (κ2) is 7.47. The van der Waals surface area contributed by atoms with Gasteiger partial charge in [0.1, 0.15) is 0 Å². The zero-order chi connectivity index (χ0) is 25.3. The number of alkyl halides is 12. The highest BCUT2D eigenvalue weighted by Crippen LogP contribution is 2.64. The number of rotatable bonds is 2. The highest BCUT2D eigenvalue weighted by Gasteiger charge is 2.78. The Balaban J connectivity index is 2.36. The fraction of sp³-hybridized carbons (Fsp3) is 0.333. The highest BCUT2D eigenvalue weighted by molar-refractivity contribution is 7.69. The first-order valence-corrected chi connectivity index (χ1v) is 9.74. The summed E-state index contributed by atoms with van der Waals surface area (Å²) in [6, 6.07) is 4.75. The van der Waals surface area contributed by atoms with Gasteiger partial charge in [-0.1, -0.05) is 48.5 Å². The molecule has 0 saturated carbocycles. The second-order valence-electron chi connectivity index (χ2n) is 6.80. The molecule has 1 unspecified atom stereocenters. The van der Waals surface area contributed by atoms with Crippen molar-refractivity contribution in [1.29, 1.82) is 0 Å². The second-order valence-corrected chi connectivity index (χ2v) is 8.54. The Kier molecular flexibility index (Phi) is 5.79. The summed E-state index contributed by atoms with van der Waals surface area (Å²) in [6.07, 6.45) is -25.2. The summed E-state index contributed by atoms with van der Waals surface area (Å²) in [4.78, 5) is 0. The molecular formula is C18H9F12O2P. The predicted molar refractivity (Wildman–Crippen MR) is 90.0 cm³/mol. The molecule has 0 aromatic heterocycles. The molecule has 3 rings (SSSR count). The van der Waals surface area contributed by atoms with Crippen molar-refractivity contribution in [3.8, 4) is 0 Å². The smallest absolute Gasteiger partial charge is 0.369 e. The van der Waals surface area contributed by atoms with E-state index in [2.05, 4.69) is 4.52 Å². The van der Waals surface area contributed by atoms with Crippen molar-refractivity contribution in [3.05, 3.63) is 59.7 Å². The molecule has 0 amide bonds. The fourth-order valence-electron chi connectivity index (χ4n) is 3.36. The Morgan fingerprint density at radius 1 is 0.636 bits per heavy atom. The summed E-state index contributed by atoms with van der Waals surface area (Å²) < 4.78 is 167. The summed E-state index contributed by atoms with van der Waals surface area (Å²) in [7, 11) is -3.55. The van der Waals surface area contributed by atoms with Crippen molar-refractivity contribution in [2.75, 3.05) is 0 Å². The fourth-order valence-corrected chi connectivity index (χ4v) is 5.74. The zero-order valence-electron chi connectivity index (χ0n) is 15.5. The third kappa shape index (κ3) is 3.57. The van der Waals surface area contributed by atoms with Crippen LogP contribution in [0.5, 0.6) is 0 Å². The molecule has 2 aromatic carbocycles. The van der Waals surface area contributed by atoms with E-state index in [0.717, 1.165) is 18.2 Å². The van der Waals surface area contributed by atoms with Crippen molar-refractivity contribution in [1.82, 2.24) is 0 Å². The van der Waals surface area contributed by atoms with Crippen LogP contribution in [0.2, 0.25) is 0 Å². The minimum Gasteiger partial charge on any atom is -0.369 e. The van der Waals surface area contributed by atoms with Gasteiger partial charge in [0.05, 0.1) is 8.15 Å². The third-order valence-corrected chi connectivity index (χ3v) is 6.97. The molecule has 0 fully saturated rings. The van der Waals surface area contributed by atoms with Gasteiger partial charge >= 0.3 is 24.7 Å². The van der Waals surface area contributed by atoms with E-state index in [9.17, 15) is 57.8 Å². The van der Waals surface area contributed by atoms with Crippen LogP contribution >= 0.6 is 8.15 Å². The molecule has 0 spiro atoms. The van der Waals surface area contributed by atoms with Gasteiger partial charge in [-0.15, -0.1) is 0 Å². The van der Waals surface area contributed by atoms with Crippen LogP contribution in [0.3, 0.4) is 0 Å². The number of hydrogen-bond donors (Lipinski definition) is 1. The van der Waals surface area contributed by atoms with Crippen molar-refractivity contribution in [2.45, 2.75) is 35.9 Å². The first-order chi connectivity index (χ1) is 14.8. The van der Waals surface area contributed by atoms with Gasteiger partial charge in [0.25, 0.3) is 11.2 Å². The van der Waals surface area contributed by atoms with Crippen LogP contribution in [0, 0.1) is 0 Å². The quantitative estimate of drug-likeness (QED) is 0.411. The first-order valence-electron chi connectivity index (χ1n) is 8.48. The van der Waals surface area contributed by atoms with Gasteiger partial charge in [-0.3, -0.25) is 0 Å². The average molecular weight is 516 g/mol. The normalized spacial score (nSPS) is 19.5. The Hall–Kier alpha value is -2.05. The van der Waals surface area contributed by atoms with Gasteiger partial charge in [-0.05, 0) is 0 Å². The molecule has 0 saturated heterocycles. The van der Waals surface area contributed by atoms with Crippen LogP contribution in [-0.4, -0.2) is 29.8 Å². The minimum absolute atomic E-state index is 0.117. The molecule has 1 atom stereocenters. The van der Waals surface area contributed by atoms with Gasteiger partial charge in [0.2, 0.25) is 0 Å². The molecule has 15 heteroatoms. The lowest BCUT2D eigenvalue weighted by molar-refractivity contribution is -0.376. The van der Waals surface area contributed by atoms with E-state index in [1.54, 1.807) is 0 Å². The Labute approximate surface area is 177 Å². The zero-order valence-corrected chi connectivity index (χ0v) is 16.4. The standard InChI is InChI=1S/C18H9F12O2P/c19-15(20,21)13(31,16(22,23)24)9-5-1-3-7-11(9)33-12-8-4-2-6-10(12)14(32-33,17(25,26)27)18(28,29)30/h1-8,31H. The van der Waals surface area contributed by atoms with Crippen molar-refractivity contribution >= 4 is 18.8 Å². The maximum atomic E-state index is 13.7. The van der Waals surface area contributed by atoms with E-state index in [1.165, 1.54) is 0 Å². The molecule has 182 valence electrons. The topological polar surface area (TPSA) is 29.5 Å². The molecule has 1 N–H and O–H groups in total. The average Bonchev–Trinajstić information content (AvgIpc) is 3.02. The van der Waals surface area contributed by atoms with Gasteiger partial charge in [0, 0.05) is 21.7 Å². The molecule has 2 nitrogen and oxygen atoms in total. The number of halogens is 12. The van der Waals surface area contributed by atoms with Crippen LogP contribution in [0.25, 0.3) is 0 Å². The maximum absolute atomic E-state index is 13.7. The molecule has 1 aliphatic rings. The van der Waals surface area contributed by atoms with Crippen LogP contribution in [-0.2, 0) is 15.7 Å². The first kappa shape index (κ1) is 25.6. The Morgan fingerprint density at radius 3 is 1.52 bits per heavy atom. The summed E-state index contributed by atoms with van der Waals surface area (Å²) in [6.45, 7) is 0. The lowest BCUT2D eigenvalue weighted by atomic mass is 9.92. The van der Waals surface area contributed by atoms with Crippen LogP contribution in [0.1, 0.15) is 11.1 Å². The van der Waals surface area contributed by atoms with E-state index in [1.807, 2.05) is 0 Å². The number of hydrogen-bond acceptors (Lipinski definition) is 2. The van der Waals surface area contributed by atoms with Gasteiger partial charge in [0.15, 0.2) is 0 Å². The predicted octanol–water partition coefficient (Wildman–Crippen LogP) is 5.70. The third-order valence-electron chi connectivity index (χ3n) is 4.86. The van der Waals surface area contributed by atoms with Gasteiger partial charge in [-0.25, -0.2) is 0 Å². The highest BCUT2D eigenvalue weighted by atomic mass is 31.1. The lowest BCUT2D eigenvalue weighted by Gasteiger charge is -2.36. The van der Waals surface area contributed by atoms with E-state index in [-0.39, 0.29) is 6.07 Å². The van der Waals surface area contributed by atoms with Crippen molar-refractivity contribution in [2.24, 2.45) is 0 Å². The van der Waals surface area contributed by atoms with Crippen molar-refractivity contribution in [3.63, 3.8) is 0 Å². The molecule has 1 aliphatic heterocycles. The van der Waals surface area contributed by atoms with E-state index in [0.29, 0.717) is 24.3 Å². The largest absolute Gasteiger partial charge is 0.431 e. The van der Waals surface area contributed by atoms with Crippen molar-refractivity contribution < 1.29 is 62.3 Å². The SMILES string of the molecule is OC(c1ccccc1P1OC(C(F)(F)F)(C(F)(F)F)c2ccccc21)(C(F)(F)F)C(F)(F)F. The minimum atomic E-state index is -6.43. The Bertz CT molecular complexity index is 1010. The van der Waals surface area contributed by atoms with Gasteiger partial charge < -0.3 is 9.63 Å². The summed E-state index contributed by atoms with van der Waals surface area (Å²) >= 11 is 0. The summed E-state index contributed by atoms with van der Waals surface area (Å²) in [5.41, 5.74) is -14.1. The van der Waals surface area contributed by atoms with Crippen LogP contribution in [0.15, 0.2) is 48.5 Å². The van der Waals surface area contributed by atoms with Crippen LogP contribution in [0.4, 0.5) is 52.7 Å². The summed E-state index contributed by atoms with van der Waals surface area (Å²) in [5.74, 6) is 0. The maximum Gasteiger partial charge on any atom is 0.431 e. The molecule has 0 radical (unpaired) electrons. The lowest BCUT2D eigenvalue weighted by Crippen LogP contribution is -2.56. The van der Waals surface area contributed by atoms with E-state index in [4.69, 9.17) is 0 Å². The molecule has 0 aliphatic carbocycles. The van der Waals surface area contributed by atoms with Crippen LogP contribution < -0.4 is 10.6 Å². The molecule has 33 heavy (non-hydrogen) atoms. The van der Waals surface area contributed by atoms with Gasteiger partial charge in [-0.2, -0.15) is 52.7 Å². The number of benzene rings is 2.